The summed E-state index contributed by atoms with van der Waals surface area (Å²) in [4.78, 5) is 39.3. The summed E-state index contributed by atoms with van der Waals surface area (Å²) in [5.74, 6) is -5.74. The summed E-state index contributed by atoms with van der Waals surface area (Å²) >= 11 is 0. The van der Waals surface area contributed by atoms with Crippen molar-refractivity contribution in [1.29, 1.82) is 0 Å². The van der Waals surface area contributed by atoms with E-state index < -0.39 is 58.1 Å². The van der Waals surface area contributed by atoms with Crippen molar-refractivity contribution in [3.05, 3.63) is 62.8 Å². The fraction of sp³-hybridized carbons (Fsp3) is 0.350. The number of nitrogens with one attached hydrogen (secondary N) is 1. The number of fused-ring (bicyclic) bond motifs is 4. The van der Waals surface area contributed by atoms with Gasteiger partial charge in [-0.1, -0.05) is 0 Å². The van der Waals surface area contributed by atoms with E-state index >= 15 is 0 Å². The second-order valence-electron chi connectivity index (χ2n) is 7.41. The lowest BCUT2D eigenvalue weighted by Gasteiger charge is -2.34. The van der Waals surface area contributed by atoms with Gasteiger partial charge in [-0.25, -0.2) is 13.2 Å². The lowest BCUT2D eigenvalue weighted by Crippen LogP contribution is -2.44. The number of rotatable bonds is 3. The third-order valence-electron chi connectivity index (χ3n) is 5.52. The van der Waals surface area contributed by atoms with Gasteiger partial charge >= 0.3 is 0 Å². The van der Waals surface area contributed by atoms with Crippen LogP contribution >= 0.6 is 0 Å². The van der Waals surface area contributed by atoms with Gasteiger partial charge in [0.1, 0.15) is 23.0 Å². The molecule has 2 N–H and O–H groups in total. The molecule has 0 saturated carbocycles. The van der Waals surface area contributed by atoms with Crippen LogP contribution in [0, 0.1) is 17.5 Å². The summed E-state index contributed by atoms with van der Waals surface area (Å²) in [6, 6.07) is 0.756. The number of nitrogens with zero attached hydrogens (tertiary/aromatic N) is 2. The summed E-state index contributed by atoms with van der Waals surface area (Å²) in [5, 5.41) is 12.6. The van der Waals surface area contributed by atoms with Crippen molar-refractivity contribution in [1.82, 2.24) is 14.8 Å². The molecule has 3 heterocycles. The summed E-state index contributed by atoms with van der Waals surface area (Å²) in [5.41, 5.74) is -2.23. The molecule has 7 nitrogen and oxygen atoms in total. The molecule has 1 aromatic carbocycles. The molecule has 2 aromatic rings. The van der Waals surface area contributed by atoms with Crippen molar-refractivity contribution < 1.29 is 27.9 Å². The largest absolute Gasteiger partial charge is 0.503 e. The molecule has 0 spiro atoms. The van der Waals surface area contributed by atoms with Crippen LogP contribution in [-0.2, 0) is 6.54 Å². The Bertz CT molecular complexity index is 1090. The van der Waals surface area contributed by atoms with Gasteiger partial charge in [0.25, 0.3) is 11.8 Å². The van der Waals surface area contributed by atoms with Crippen LogP contribution < -0.4 is 10.7 Å². The fourth-order valence-electron chi connectivity index (χ4n) is 3.97. The number of halogens is 3. The third kappa shape index (κ3) is 3.31. The fourth-order valence-corrected chi connectivity index (χ4v) is 3.97. The van der Waals surface area contributed by atoms with E-state index in [-0.39, 0.29) is 11.7 Å². The first kappa shape index (κ1) is 20.0. The lowest BCUT2D eigenvalue weighted by atomic mass is 10.1. The molecular weight excluding hydrogens is 403 g/mol. The molecule has 1 saturated heterocycles. The summed E-state index contributed by atoms with van der Waals surface area (Å²) in [6.07, 6.45) is 3.54. The number of aromatic hydroxyl groups is 1. The minimum Gasteiger partial charge on any atom is -0.503 e. The van der Waals surface area contributed by atoms with E-state index in [4.69, 9.17) is 0 Å². The second-order valence-corrected chi connectivity index (χ2v) is 7.41. The summed E-state index contributed by atoms with van der Waals surface area (Å²) < 4.78 is 42.0. The normalized spacial score (nSPS) is 18.0. The van der Waals surface area contributed by atoms with Gasteiger partial charge in [0, 0.05) is 43.5 Å². The first-order valence-corrected chi connectivity index (χ1v) is 9.47. The van der Waals surface area contributed by atoms with E-state index in [0.29, 0.717) is 31.6 Å². The van der Waals surface area contributed by atoms with E-state index in [1.54, 1.807) is 4.90 Å². The predicted octanol–water partition coefficient (Wildman–Crippen LogP) is 2.08. The number of hydrogen-bond acceptors (Lipinski definition) is 4. The van der Waals surface area contributed by atoms with Crippen LogP contribution in [0.2, 0.25) is 0 Å². The summed E-state index contributed by atoms with van der Waals surface area (Å²) in [7, 11) is 0. The Morgan fingerprint density at radius 2 is 1.87 bits per heavy atom. The molecule has 1 fully saturated rings. The molecule has 2 aliphatic heterocycles. The van der Waals surface area contributed by atoms with E-state index in [0.717, 1.165) is 12.8 Å². The van der Waals surface area contributed by atoms with Crippen LogP contribution in [0.3, 0.4) is 0 Å². The quantitative estimate of drug-likeness (QED) is 0.794. The lowest BCUT2D eigenvalue weighted by molar-refractivity contribution is 0.0677. The van der Waals surface area contributed by atoms with Gasteiger partial charge in [0.05, 0.1) is 6.04 Å². The van der Waals surface area contributed by atoms with Crippen LogP contribution in [0.25, 0.3) is 0 Å². The highest BCUT2D eigenvalue weighted by Crippen LogP contribution is 2.31. The molecule has 0 unspecified atom stereocenters. The minimum atomic E-state index is -1.18. The first-order valence-electron chi connectivity index (χ1n) is 9.47. The van der Waals surface area contributed by atoms with Gasteiger partial charge in [0.15, 0.2) is 11.4 Å². The van der Waals surface area contributed by atoms with E-state index in [2.05, 4.69) is 5.32 Å². The van der Waals surface area contributed by atoms with Crippen LogP contribution in [0.4, 0.5) is 13.2 Å². The maximum absolute atomic E-state index is 13.8. The molecule has 1 aromatic heterocycles. The molecule has 1 atom stereocenters. The molecule has 0 aliphatic carbocycles. The zero-order valence-electron chi connectivity index (χ0n) is 15.8. The molecule has 2 aliphatic rings. The van der Waals surface area contributed by atoms with Crippen molar-refractivity contribution in [2.75, 3.05) is 13.1 Å². The van der Waals surface area contributed by atoms with Gasteiger partial charge < -0.3 is 19.9 Å². The highest BCUT2D eigenvalue weighted by Gasteiger charge is 2.36. The Morgan fingerprint density at radius 3 is 2.57 bits per heavy atom. The maximum Gasteiger partial charge on any atom is 0.274 e. The number of aromatic nitrogens is 1. The van der Waals surface area contributed by atoms with Crippen molar-refractivity contribution in [2.24, 2.45) is 0 Å². The van der Waals surface area contributed by atoms with E-state index in [1.807, 2.05) is 0 Å². The van der Waals surface area contributed by atoms with Crippen molar-refractivity contribution in [3.8, 4) is 5.75 Å². The van der Waals surface area contributed by atoms with Crippen molar-refractivity contribution in [2.45, 2.75) is 31.8 Å². The van der Waals surface area contributed by atoms with Gasteiger partial charge in [-0.3, -0.25) is 14.4 Å². The predicted molar refractivity (Wildman–Crippen MR) is 98.6 cm³/mol. The monoisotopic (exact) mass is 421 g/mol. The maximum atomic E-state index is 13.8. The minimum absolute atomic E-state index is 0.162. The molecule has 4 rings (SSSR count). The SMILES string of the molecule is O=C(NCc1c(F)cc(F)cc1F)c1cn2c(c(O)c1=O)C(=O)N1CCCC[C@H]2C1. The molecule has 158 valence electrons. The smallest absolute Gasteiger partial charge is 0.274 e. The van der Waals surface area contributed by atoms with Gasteiger partial charge in [-0.2, -0.15) is 0 Å². The number of carbonyl (C=O) groups excluding carboxylic acids is 2. The average molecular weight is 421 g/mol. The Morgan fingerprint density at radius 1 is 1.17 bits per heavy atom. The topological polar surface area (TPSA) is 91.6 Å². The highest BCUT2D eigenvalue weighted by molar-refractivity contribution is 5.99. The molecule has 30 heavy (non-hydrogen) atoms. The molecule has 2 amide bonds. The Hall–Kier alpha value is -3.30. The number of hydrogen-bond donors (Lipinski definition) is 2. The van der Waals surface area contributed by atoms with Gasteiger partial charge in [0.2, 0.25) is 5.43 Å². The van der Waals surface area contributed by atoms with Crippen LogP contribution in [0.5, 0.6) is 5.75 Å². The molecular formula is C20H18F3N3O4. The molecule has 2 bridgehead atoms. The zero-order chi connectivity index (χ0) is 21.6. The van der Waals surface area contributed by atoms with Crippen LogP contribution in [-0.4, -0.2) is 39.5 Å². The standard InChI is InChI=1S/C20H18F3N3O4/c21-10-5-14(22)12(15(23)6-10)7-24-19(29)13-9-26-11-3-1-2-4-25(8-11)20(30)16(26)18(28)17(13)27/h5-6,9,11,28H,1-4,7-8H2,(H,24,29)/t11-/m0/s1. The van der Waals surface area contributed by atoms with Gasteiger partial charge in [-0.05, 0) is 19.3 Å². The molecule has 10 heteroatoms. The zero-order valence-corrected chi connectivity index (χ0v) is 15.8. The van der Waals surface area contributed by atoms with Crippen LogP contribution in [0.15, 0.2) is 23.1 Å². The molecule has 0 radical (unpaired) electrons. The summed E-state index contributed by atoms with van der Waals surface area (Å²) in [6.45, 7) is 0.302. The average Bonchev–Trinajstić information content (AvgIpc) is 2.91. The van der Waals surface area contributed by atoms with E-state index in [1.165, 1.54) is 10.8 Å². The van der Waals surface area contributed by atoms with Crippen molar-refractivity contribution >= 4 is 11.8 Å². The van der Waals surface area contributed by atoms with E-state index in [9.17, 15) is 32.7 Å². The number of amides is 2. The Labute approximate surface area is 168 Å². The Balaban J connectivity index is 1.67. The second kappa shape index (κ2) is 7.51. The highest BCUT2D eigenvalue weighted by atomic mass is 19.1. The van der Waals surface area contributed by atoms with Crippen molar-refractivity contribution in [3.63, 3.8) is 0 Å². The van der Waals surface area contributed by atoms with Gasteiger partial charge in [-0.15, -0.1) is 0 Å². The first-order chi connectivity index (χ1) is 14.3. The number of pyridine rings is 1. The van der Waals surface area contributed by atoms with Crippen LogP contribution in [0.1, 0.15) is 51.7 Å². The number of benzene rings is 1. The number of carbonyl (C=O) groups is 2. The third-order valence-corrected chi connectivity index (χ3v) is 5.52. The Kier molecular flexibility index (Phi) is 5.00.